The van der Waals surface area contributed by atoms with Gasteiger partial charge in [-0.2, -0.15) is 0 Å². The zero-order valence-corrected chi connectivity index (χ0v) is 9.58. The van der Waals surface area contributed by atoms with E-state index >= 15 is 0 Å². The fraction of sp³-hybridized carbons (Fsp3) is 1.00. The molecule has 0 amide bonds. The monoisotopic (exact) mass is 198 g/mol. The summed E-state index contributed by atoms with van der Waals surface area (Å²) in [6.45, 7) is 8.59. The van der Waals surface area contributed by atoms with E-state index in [9.17, 15) is 0 Å². The van der Waals surface area contributed by atoms with Gasteiger partial charge >= 0.3 is 0 Å². The summed E-state index contributed by atoms with van der Waals surface area (Å²) in [5.41, 5.74) is 0.237. The molecule has 2 rings (SSSR count). The summed E-state index contributed by atoms with van der Waals surface area (Å²) in [5, 5.41) is 0. The van der Waals surface area contributed by atoms with Gasteiger partial charge in [0.15, 0.2) is 0 Å². The number of fused-ring (bicyclic) bond motifs is 1. The summed E-state index contributed by atoms with van der Waals surface area (Å²) >= 11 is 0. The molecule has 2 aliphatic rings. The highest BCUT2D eigenvalue weighted by molar-refractivity contribution is 5.05. The van der Waals surface area contributed by atoms with Crippen LogP contribution < -0.4 is 0 Å². The van der Waals surface area contributed by atoms with Gasteiger partial charge < -0.3 is 9.47 Å². The van der Waals surface area contributed by atoms with Crippen LogP contribution >= 0.6 is 0 Å². The van der Waals surface area contributed by atoms with Crippen molar-refractivity contribution in [3.8, 4) is 0 Å². The first-order chi connectivity index (χ1) is 6.65. The third kappa shape index (κ3) is 1.96. The van der Waals surface area contributed by atoms with Crippen molar-refractivity contribution in [2.24, 2.45) is 11.8 Å². The van der Waals surface area contributed by atoms with E-state index in [4.69, 9.17) is 9.47 Å². The molecule has 14 heavy (non-hydrogen) atoms. The highest BCUT2D eigenvalue weighted by Gasteiger charge is 2.57. The Hall–Kier alpha value is -0.0800. The van der Waals surface area contributed by atoms with Crippen LogP contribution in [0.5, 0.6) is 0 Å². The molecule has 82 valence electrons. The van der Waals surface area contributed by atoms with Crippen LogP contribution in [0.2, 0.25) is 0 Å². The topological polar surface area (TPSA) is 21.8 Å². The summed E-state index contributed by atoms with van der Waals surface area (Å²) in [6.07, 6.45) is 4.09. The summed E-state index contributed by atoms with van der Waals surface area (Å²) in [7, 11) is 0. The number of hydrogen-bond acceptors (Lipinski definition) is 2. The highest BCUT2D eigenvalue weighted by atomic mass is 16.6. The summed E-state index contributed by atoms with van der Waals surface area (Å²) in [6, 6.07) is 0. The largest absolute Gasteiger partial charge is 0.381 e. The third-order valence-electron chi connectivity index (χ3n) is 3.76. The maximum absolute atomic E-state index is 5.72. The first kappa shape index (κ1) is 10.4. The molecule has 0 aromatic heterocycles. The molecule has 0 radical (unpaired) electrons. The van der Waals surface area contributed by atoms with Gasteiger partial charge in [-0.05, 0) is 38.0 Å². The molecule has 2 nitrogen and oxygen atoms in total. The normalized spacial score (nSPS) is 46.1. The van der Waals surface area contributed by atoms with Gasteiger partial charge in [-0.25, -0.2) is 0 Å². The Morgan fingerprint density at radius 1 is 1.50 bits per heavy atom. The van der Waals surface area contributed by atoms with Gasteiger partial charge in [0.25, 0.3) is 0 Å². The molecule has 0 bridgehead atoms. The molecule has 1 saturated heterocycles. The van der Waals surface area contributed by atoms with E-state index in [0.717, 1.165) is 31.5 Å². The lowest BCUT2D eigenvalue weighted by atomic mass is 9.76. The van der Waals surface area contributed by atoms with E-state index in [2.05, 4.69) is 20.8 Å². The zero-order valence-electron chi connectivity index (χ0n) is 9.58. The van der Waals surface area contributed by atoms with Crippen molar-refractivity contribution in [3.63, 3.8) is 0 Å². The summed E-state index contributed by atoms with van der Waals surface area (Å²) < 4.78 is 11.4. The van der Waals surface area contributed by atoms with Crippen LogP contribution in [0.25, 0.3) is 0 Å². The van der Waals surface area contributed by atoms with E-state index in [0.29, 0.717) is 6.10 Å². The van der Waals surface area contributed by atoms with Crippen LogP contribution in [0.15, 0.2) is 0 Å². The minimum absolute atomic E-state index is 0.237. The smallest absolute Gasteiger partial charge is 0.0923 e. The Kier molecular flexibility index (Phi) is 2.85. The standard InChI is InChI=1S/C12H22O2/c1-4-5-13-8-10-6-11-12(3,14-11)7-9(10)2/h9-11H,4-8H2,1-3H3. The molecule has 0 spiro atoms. The van der Waals surface area contributed by atoms with Crippen LogP contribution in [-0.4, -0.2) is 24.9 Å². The van der Waals surface area contributed by atoms with Gasteiger partial charge in [0.2, 0.25) is 0 Å². The van der Waals surface area contributed by atoms with Crippen LogP contribution in [0.3, 0.4) is 0 Å². The van der Waals surface area contributed by atoms with Gasteiger partial charge in [0.05, 0.1) is 11.7 Å². The van der Waals surface area contributed by atoms with E-state index in [1.54, 1.807) is 0 Å². The molecule has 1 aliphatic heterocycles. The van der Waals surface area contributed by atoms with E-state index < -0.39 is 0 Å². The molecule has 4 unspecified atom stereocenters. The summed E-state index contributed by atoms with van der Waals surface area (Å²) in [4.78, 5) is 0. The number of rotatable bonds is 4. The Morgan fingerprint density at radius 3 is 3.00 bits per heavy atom. The zero-order chi connectivity index (χ0) is 10.2. The van der Waals surface area contributed by atoms with Crippen LogP contribution in [0, 0.1) is 11.8 Å². The first-order valence-electron chi connectivity index (χ1n) is 5.91. The average Bonchev–Trinajstić information content (AvgIpc) is 2.76. The maximum atomic E-state index is 5.72. The maximum Gasteiger partial charge on any atom is 0.0923 e. The molecule has 2 heteroatoms. The molecule has 1 heterocycles. The molecule has 1 saturated carbocycles. The van der Waals surface area contributed by atoms with E-state index in [-0.39, 0.29) is 5.60 Å². The molecule has 4 atom stereocenters. The number of epoxide rings is 1. The number of ether oxygens (including phenoxy) is 2. The SMILES string of the molecule is CCCOCC1CC2OC2(C)CC1C. The Labute approximate surface area is 87.0 Å². The summed E-state index contributed by atoms with van der Waals surface area (Å²) in [5.74, 6) is 1.48. The van der Waals surface area contributed by atoms with Gasteiger partial charge in [0, 0.05) is 13.2 Å². The predicted molar refractivity (Wildman–Crippen MR) is 56.3 cm³/mol. The minimum atomic E-state index is 0.237. The molecule has 1 aliphatic carbocycles. The van der Waals surface area contributed by atoms with Crippen molar-refractivity contribution < 1.29 is 9.47 Å². The third-order valence-corrected chi connectivity index (χ3v) is 3.76. The first-order valence-corrected chi connectivity index (χ1v) is 5.91. The fourth-order valence-corrected chi connectivity index (χ4v) is 2.69. The second-order valence-corrected chi connectivity index (χ2v) is 5.17. The van der Waals surface area contributed by atoms with Crippen LogP contribution in [0.4, 0.5) is 0 Å². The lowest BCUT2D eigenvalue weighted by Crippen LogP contribution is -2.31. The van der Waals surface area contributed by atoms with Crippen molar-refractivity contribution in [2.75, 3.05) is 13.2 Å². The van der Waals surface area contributed by atoms with E-state index in [1.807, 2.05) is 0 Å². The van der Waals surface area contributed by atoms with E-state index in [1.165, 1.54) is 12.8 Å². The Bertz CT molecular complexity index is 204. The van der Waals surface area contributed by atoms with Crippen molar-refractivity contribution in [3.05, 3.63) is 0 Å². The lowest BCUT2D eigenvalue weighted by molar-refractivity contribution is 0.0648. The van der Waals surface area contributed by atoms with Crippen molar-refractivity contribution in [1.29, 1.82) is 0 Å². The van der Waals surface area contributed by atoms with Crippen LogP contribution in [0.1, 0.15) is 40.0 Å². The highest BCUT2D eigenvalue weighted by Crippen LogP contribution is 2.51. The van der Waals surface area contributed by atoms with Gasteiger partial charge in [-0.3, -0.25) is 0 Å². The molecular formula is C12H22O2. The molecular weight excluding hydrogens is 176 g/mol. The fourth-order valence-electron chi connectivity index (χ4n) is 2.69. The van der Waals surface area contributed by atoms with Gasteiger partial charge in [-0.15, -0.1) is 0 Å². The molecule has 0 aromatic carbocycles. The lowest BCUT2D eigenvalue weighted by Gasteiger charge is -2.29. The molecule has 0 N–H and O–H groups in total. The predicted octanol–water partition coefficient (Wildman–Crippen LogP) is 2.62. The quantitative estimate of drug-likeness (QED) is 0.511. The van der Waals surface area contributed by atoms with Gasteiger partial charge in [0.1, 0.15) is 0 Å². The molecule has 0 aromatic rings. The number of hydrogen-bond donors (Lipinski definition) is 0. The Balaban J connectivity index is 1.77. The molecule has 2 fully saturated rings. The van der Waals surface area contributed by atoms with Crippen molar-refractivity contribution in [1.82, 2.24) is 0 Å². The minimum Gasteiger partial charge on any atom is -0.381 e. The second-order valence-electron chi connectivity index (χ2n) is 5.17. The van der Waals surface area contributed by atoms with Crippen molar-refractivity contribution >= 4 is 0 Å². The van der Waals surface area contributed by atoms with Gasteiger partial charge in [-0.1, -0.05) is 13.8 Å². The second kappa shape index (κ2) is 3.82. The van der Waals surface area contributed by atoms with Crippen LogP contribution in [-0.2, 0) is 9.47 Å². The average molecular weight is 198 g/mol. The Morgan fingerprint density at radius 2 is 2.29 bits per heavy atom. The van der Waals surface area contributed by atoms with Crippen molar-refractivity contribution in [2.45, 2.75) is 51.7 Å².